The zero-order valence-corrected chi connectivity index (χ0v) is 9.67. The van der Waals surface area contributed by atoms with Crippen molar-refractivity contribution < 1.29 is 14.6 Å². The molecule has 0 heterocycles. The van der Waals surface area contributed by atoms with Gasteiger partial charge in [-0.1, -0.05) is 6.08 Å². The van der Waals surface area contributed by atoms with E-state index in [0.29, 0.717) is 5.88 Å². The number of aliphatic hydroxyl groups is 1. The fourth-order valence-electron chi connectivity index (χ4n) is 0.731. The van der Waals surface area contributed by atoms with Crippen LogP contribution in [-0.2, 0) is 9.47 Å². The van der Waals surface area contributed by atoms with Gasteiger partial charge < -0.3 is 14.6 Å². The van der Waals surface area contributed by atoms with Gasteiger partial charge in [-0.15, -0.1) is 29.8 Å². The van der Waals surface area contributed by atoms with Crippen LogP contribution in [0.4, 0.5) is 0 Å². The van der Waals surface area contributed by atoms with Gasteiger partial charge >= 0.3 is 0 Å². The Morgan fingerprint density at radius 2 is 2.07 bits per heavy atom. The van der Waals surface area contributed by atoms with Crippen LogP contribution >= 0.6 is 23.2 Å². The van der Waals surface area contributed by atoms with Crippen molar-refractivity contribution in [3.05, 3.63) is 12.7 Å². The summed E-state index contributed by atoms with van der Waals surface area (Å²) in [5, 5.41) is 9.10. The second-order valence-electron chi connectivity index (χ2n) is 2.77. The maximum absolute atomic E-state index is 9.10. The van der Waals surface area contributed by atoms with Gasteiger partial charge in [0.25, 0.3) is 0 Å². The Morgan fingerprint density at radius 3 is 2.50 bits per heavy atom. The predicted octanol–water partition coefficient (Wildman–Crippen LogP) is 1.76. The minimum absolute atomic E-state index is 0.146. The number of halogens is 2. The Morgan fingerprint density at radius 1 is 1.43 bits per heavy atom. The molecule has 3 atom stereocenters. The van der Waals surface area contributed by atoms with Crippen molar-refractivity contribution in [3.63, 3.8) is 0 Å². The summed E-state index contributed by atoms with van der Waals surface area (Å²) in [6.45, 7) is 5.44. The highest BCUT2D eigenvalue weighted by atomic mass is 35.5. The molecular weight excluding hydrogens is 227 g/mol. The molecule has 84 valence electrons. The first-order valence-corrected chi connectivity index (χ1v) is 5.40. The van der Waals surface area contributed by atoms with Crippen LogP contribution < -0.4 is 0 Å². The predicted molar refractivity (Wildman–Crippen MR) is 57.9 cm³/mol. The van der Waals surface area contributed by atoms with Gasteiger partial charge in [-0.2, -0.15) is 0 Å². The van der Waals surface area contributed by atoms with Crippen molar-refractivity contribution in [2.45, 2.75) is 25.4 Å². The molecule has 0 rings (SSSR count). The van der Waals surface area contributed by atoms with Crippen LogP contribution in [0.5, 0.6) is 0 Å². The molecule has 0 amide bonds. The molecule has 3 unspecified atom stereocenters. The third kappa shape index (κ3) is 6.62. The molecule has 0 aromatic carbocycles. The summed E-state index contributed by atoms with van der Waals surface area (Å²) in [6.07, 6.45) is 0.264. The van der Waals surface area contributed by atoms with Crippen molar-refractivity contribution >= 4 is 23.2 Å². The van der Waals surface area contributed by atoms with E-state index in [0.717, 1.165) is 0 Å². The van der Waals surface area contributed by atoms with Crippen molar-refractivity contribution in [1.29, 1.82) is 0 Å². The van der Waals surface area contributed by atoms with E-state index >= 15 is 0 Å². The first kappa shape index (κ1) is 14.2. The smallest absolute Gasteiger partial charge is 0.155 e. The minimum atomic E-state index is -0.666. The molecule has 0 spiro atoms. The quantitative estimate of drug-likeness (QED) is 0.401. The van der Waals surface area contributed by atoms with Gasteiger partial charge in [0.05, 0.1) is 30.6 Å². The van der Waals surface area contributed by atoms with E-state index in [9.17, 15) is 0 Å². The van der Waals surface area contributed by atoms with Crippen molar-refractivity contribution in [2.75, 3.05) is 18.4 Å². The highest BCUT2D eigenvalue weighted by Crippen LogP contribution is 2.04. The Bertz CT molecular complexity index is 155. The molecule has 0 aliphatic heterocycles. The van der Waals surface area contributed by atoms with E-state index in [1.807, 2.05) is 0 Å². The molecule has 0 aliphatic rings. The van der Waals surface area contributed by atoms with E-state index in [1.54, 1.807) is 13.0 Å². The van der Waals surface area contributed by atoms with Crippen LogP contribution in [0.15, 0.2) is 12.7 Å². The van der Waals surface area contributed by atoms with Gasteiger partial charge in [-0.25, -0.2) is 0 Å². The van der Waals surface area contributed by atoms with Gasteiger partial charge in [0.1, 0.15) is 0 Å². The van der Waals surface area contributed by atoms with Gasteiger partial charge in [0.2, 0.25) is 0 Å². The lowest BCUT2D eigenvalue weighted by Gasteiger charge is -2.19. The summed E-state index contributed by atoms with van der Waals surface area (Å²) >= 11 is 11.0. The van der Waals surface area contributed by atoms with Crippen LogP contribution in [0.1, 0.15) is 6.92 Å². The Hall–Kier alpha value is 0.200. The average molecular weight is 243 g/mol. The number of rotatable bonds is 8. The molecular formula is C9H16Cl2O3. The molecule has 3 nitrogen and oxygen atoms in total. The second-order valence-corrected chi connectivity index (χ2v) is 3.39. The summed E-state index contributed by atoms with van der Waals surface area (Å²) in [5.74, 6) is 0.475. The third-order valence-corrected chi connectivity index (χ3v) is 2.14. The average Bonchev–Trinajstić information content (AvgIpc) is 2.22. The number of hydrogen-bond acceptors (Lipinski definition) is 3. The van der Waals surface area contributed by atoms with Gasteiger partial charge in [0.15, 0.2) is 6.29 Å². The van der Waals surface area contributed by atoms with E-state index < -0.39 is 12.4 Å². The zero-order valence-electron chi connectivity index (χ0n) is 8.16. The standard InChI is InChI=1S/C9H16Cl2O3/c1-3-9(5-11)14-7(2)13-6-8(12)4-10/h3,7-9,12H,1,4-6H2,2H3. The normalized spacial score (nSPS) is 17.4. The molecule has 1 N–H and O–H groups in total. The van der Waals surface area contributed by atoms with Gasteiger partial charge in [-0.05, 0) is 6.92 Å². The molecule has 0 aromatic rings. The van der Waals surface area contributed by atoms with Gasteiger partial charge in [0, 0.05) is 0 Å². The number of alkyl halides is 2. The lowest BCUT2D eigenvalue weighted by atomic mass is 10.4. The topological polar surface area (TPSA) is 38.7 Å². The van der Waals surface area contributed by atoms with Crippen LogP contribution in [-0.4, -0.2) is 42.0 Å². The molecule has 0 saturated carbocycles. The van der Waals surface area contributed by atoms with E-state index in [4.69, 9.17) is 37.8 Å². The molecule has 0 aromatic heterocycles. The molecule has 0 aliphatic carbocycles. The van der Waals surface area contributed by atoms with Gasteiger partial charge in [-0.3, -0.25) is 0 Å². The molecule has 14 heavy (non-hydrogen) atoms. The molecule has 0 fully saturated rings. The first-order chi connectivity index (χ1) is 6.63. The van der Waals surface area contributed by atoms with Crippen molar-refractivity contribution in [2.24, 2.45) is 0 Å². The SMILES string of the molecule is C=CC(CCl)OC(C)OCC(O)CCl. The fourth-order valence-corrected chi connectivity index (χ4v) is 1.02. The van der Waals surface area contributed by atoms with Crippen LogP contribution in [0, 0.1) is 0 Å². The number of hydrogen-bond donors (Lipinski definition) is 1. The lowest BCUT2D eigenvalue weighted by Crippen LogP contribution is -2.26. The maximum Gasteiger partial charge on any atom is 0.155 e. The van der Waals surface area contributed by atoms with E-state index in [-0.39, 0.29) is 18.6 Å². The van der Waals surface area contributed by atoms with E-state index in [1.165, 1.54) is 0 Å². The first-order valence-electron chi connectivity index (χ1n) is 4.33. The molecule has 5 heteroatoms. The summed E-state index contributed by atoms with van der Waals surface area (Å²) in [6, 6.07) is 0. The Kier molecular flexibility index (Phi) is 8.63. The fraction of sp³-hybridized carbons (Fsp3) is 0.778. The maximum atomic E-state index is 9.10. The summed E-state index contributed by atoms with van der Waals surface area (Å²) in [4.78, 5) is 0. The molecule has 0 radical (unpaired) electrons. The van der Waals surface area contributed by atoms with Crippen LogP contribution in [0.3, 0.4) is 0 Å². The number of aliphatic hydroxyl groups excluding tert-OH is 1. The lowest BCUT2D eigenvalue weighted by molar-refractivity contribution is -0.156. The molecule has 0 saturated heterocycles. The largest absolute Gasteiger partial charge is 0.389 e. The summed E-state index contributed by atoms with van der Waals surface area (Å²) in [7, 11) is 0. The third-order valence-electron chi connectivity index (χ3n) is 1.48. The van der Waals surface area contributed by atoms with Crippen LogP contribution in [0.2, 0.25) is 0 Å². The van der Waals surface area contributed by atoms with E-state index in [2.05, 4.69) is 6.58 Å². The van der Waals surface area contributed by atoms with Crippen LogP contribution in [0.25, 0.3) is 0 Å². The number of ether oxygens (including phenoxy) is 2. The minimum Gasteiger partial charge on any atom is -0.389 e. The van der Waals surface area contributed by atoms with Crippen molar-refractivity contribution in [1.82, 2.24) is 0 Å². The summed E-state index contributed by atoms with van der Waals surface area (Å²) < 4.78 is 10.5. The molecule has 0 bridgehead atoms. The zero-order chi connectivity index (χ0) is 11.0. The van der Waals surface area contributed by atoms with Crippen molar-refractivity contribution in [3.8, 4) is 0 Å². The Labute approximate surface area is 94.6 Å². The Balaban J connectivity index is 3.63. The highest BCUT2D eigenvalue weighted by Gasteiger charge is 2.11. The second kappa shape index (κ2) is 8.50. The monoisotopic (exact) mass is 242 g/mol. The highest BCUT2D eigenvalue weighted by molar-refractivity contribution is 6.18. The summed E-state index contributed by atoms with van der Waals surface area (Å²) in [5.41, 5.74) is 0.